The van der Waals surface area contributed by atoms with Crippen LogP contribution >= 0.6 is 11.8 Å². The first-order valence-corrected chi connectivity index (χ1v) is 7.99. The Morgan fingerprint density at radius 3 is 2.69 bits per heavy atom. The highest BCUT2D eigenvalue weighted by Gasteiger charge is 2.31. The second-order valence-corrected chi connectivity index (χ2v) is 7.93. The molecule has 1 aliphatic heterocycles. The molecule has 3 unspecified atom stereocenters. The quantitative estimate of drug-likeness (QED) is 0.788. The molecule has 0 bridgehead atoms. The second-order valence-electron chi connectivity index (χ2n) is 6.45. The molecule has 0 spiro atoms. The summed E-state index contributed by atoms with van der Waals surface area (Å²) in [4.78, 5) is 0. The molecule has 0 amide bonds. The summed E-state index contributed by atoms with van der Waals surface area (Å²) in [7, 11) is 0. The van der Waals surface area contributed by atoms with Gasteiger partial charge in [0.2, 0.25) is 0 Å². The van der Waals surface area contributed by atoms with E-state index in [1.807, 2.05) is 0 Å². The first-order chi connectivity index (χ1) is 7.57. The van der Waals surface area contributed by atoms with Gasteiger partial charge in [-0.1, -0.05) is 27.2 Å². The molecular weight excluding hydrogens is 214 g/mol. The molecule has 2 rings (SSSR count). The zero-order valence-corrected chi connectivity index (χ0v) is 11.9. The number of rotatable bonds is 2. The predicted molar refractivity (Wildman–Crippen MR) is 74.1 cm³/mol. The van der Waals surface area contributed by atoms with Crippen molar-refractivity contribution in [3.05, 3.63) is 0 Å². The summed E-state index contributed by atoms with van der Waals surface area (Å²) >= 11 is 2.15. The van der Waals surface area contributed by atoms with Crippen molar-refractivity contribution in [1.82, 2.24) is 5.32 Å². The van der Waals surface area contributed by atoms with Crippen molar-refractivity contribution >= 4 is 11.8 Å². The van der Waals surface area contributed by atoms with Crippen molar-refractivity contribution in [2.45, 2.75) is 76.6 Å². The molecule has 3 atom stereocenters. The molecule has 1 N–H and O–H groups in total. The maximum atomic E-state index is 3.94. The Kier molecular flexibility index (Phi) is 4.23. The molecule has 2 fully saturated rings. The fraction of sp³-hybridized carbons (Fsp3) is 1.00. The van der Waals surface area contributed by atoms with E-state index < -0.39 is 0 Å². The van der Waals surface area contributed by atoms with Crippen LogP contribution in [0.15, 0.2) is 0 Å². The van der Waals surface area contributed by atoms with Crippen molar-refractivity contribution in [1.29, 1.82) is 0 Å². The van der Waals surface area contributed by atoms with E-state index in [2.05, 4.69) is 37.8 Å². The summed E-state index contributed by atoms with van der Waals surface area (Å²) in [6, 6.07) is 1.56. The van der Waals surface area contributed by atoms with Gasteiger partial charge in [0.1, 0.15) is 0 Å². The standard InChI is InChI=1S/C14H27NS/c1-11-13(7-5-9-16-11)15-12-6-4-8-14(2,3)10-12/h11-13,15H,4-10H2,1-3H3. The molecule has 0 radical (unpaired) electrons. The van der Waals surface area contributed by atoms with Crippen LogP contribution in [0.2, 0.25) is 0 Å². The van der Waals surface area contributed by atoms with Crippen molar-refractivity contribution in [2.24, 2.45) is 5.41 Å². The van der Waals surface area contributed by atoms with Crippen LogP contribution in [0.25, 0.3) is 0 Å². The Labute approximate surface area is 105 Å². The van der Waals surface area contributed by atoms with Gasteiger partial charge < -0.3 is 5.32 Å². The van der Waals surface area contributed by atoms with Crippen LogP contribution in [0, 0.1) is 5.41 Å². The van der Waals surface area contributed by atoms with Gasteiger partial charge in [0, 0.05) is 17.3 Å². The molecule has 0 aromatic carbocycles. The molecule has 1 aliphatic carbocycles. The first kappa shape index (κ1) is 12.8. The van der Waals surface area contributed by atoms with Gasteiger partial charge in [-0.3, -0.25) is 0 Å². The fourth-order valence-corrected chi connectivity index (χ4v) is 4.44. The van der Waals surface area contributed by atoms with Crippen LogP contribution in [0.1, 0.15) is 59.3 Å². The number of nitrogens with one attached hydrogen (secondary N) is 1. The normalized spacial score (nSPS) is 39.6. The summed E-state index contributed by atoms with van der Waals surface area (Å²) in [5, 5.41) is 4.76. The third-order valence-electron chi connectivity index (χ3n) is 4.26. The first-order valence-electron chi connectivity index (χ1n) is 6.94. The highest BCUT2D eigenvalue weighted by Crippen LogP contribution is 2.36. The van der Waals surface area contributed by atoms with Crippen molar-refractivity contribution in [3.8, 4) is 0 Å². The largest absolute Gasteiger partial charge is 0.310 e. The van der Waals surface area contributed by atoms with Crippen LogP contribution in [-0.2, 0) is 0 Å². The maximum Gasteiger partial charge on any atom is 0.0186 e. The van der Waals surface area contributed by atoms with Gasteiger partial charge in [-0.05, 0) is 43.3 Å². The van der Waals surface area contributed by atoms with Crippen LogP contribution in [0.4, 0.5) is 0 Å². The smallest absolute Gasteiger partial charge is 0.0186 e. The Morgan fingerprint density at radius 1 is 1.19 bits per heavy atom. The predicted octanol–water partition coefficient (Wildman–Crippen LogP) is 3.83. The number of thioether (sulfide) groups is 1. The zero-order chi connectivity index (χ0) is 11.6. The minimum absolute atomic E-state index is 0.570. The van der Waals surface area contributed by atoms with E-state index in [1.54, 1.807) is 0 Å². The van der Waals surface area contributed by atoms with Gasteiger partial charge in [0.15, 0.2) is 0 Å². The lowest BCUT2D eigenvalue weighted by atomic mass is 9.75. The summed E-state index contributed by atoms with van der Waals surface area (Å²) in [5.41, 5.74) is 0.570. The van der Waals surface area contributed by atoms with Gasteiger partial charge in [0.05, 0.1) is 0 Å². The summed E-state index contributed by atoms with van der Waals surface area (Å²) in [6.45, 7) is 7.26. The summed E-state index contributed by atoms with van der Waals surface area (Å²) < 4.78 is 0. The topological polar surface area (TPSA) is 12.0 Å². The molecule has 1 saturated heterocycles. The van der Waals surface area contributed by atoms with E-state index in [4.69, 9.17) is 0 Å². The van der Waals surface area contributed by atoms with Crippen molar-refractivity contribution < 1.29 is 0 Å². The Hall–Kier alpha value is 0.310. The van der Waals surface area contributed by atoms with Crippen LogP contribution in [0.5, 0.6) is 0 Å². The molecule has 2 heteroatoms. The van der Waals surface area contributed by atoms with Gasteiger partial charge in [-0.15, -0.1) is 0 Å². The van der Waals surface area contributed by atoms with E-state index in [0.29, 0.717) is 5.41 Å². The molecule has 1 heterocycles. The van der Waals surface area contributed by atoms with Crippen LogP contribution in [-0.4, -0.2) is 23.1 Å². The lowest BCUT2D eigenvalue weighted by Crippen LogP contribution is -2.47. The van der Waals surface area contributed by atoms with Gasteiger partial charge in [-0.25, -0.2) is 0 Å². The molecule has 1 nitrogen and oxygen atoms in total. The van der Waals surface area contributed by atoms with Crippen LogP contribution < -0.4 is 5.32 Å². The lowest BCUT2D eigenvalue weighted by molar-refractivity contribution is 0.186. The van der Waals surface area contributed by atoms with Gasteiger partial charge >= 0.3 is 0 Å². The van der Waals surface area contributed by atoms with Gasteiger partial charge in [-0.2, -0.15) is 11.8 Å². The van der Waals surface area contributed by atoms with E-state index in [9.17, 15) is 0 Å². The van der Waals surface area contributed by atoms with E-state index in [1.165, 1.54) is 44.3 Å². The van der Waals surface area contributed by atoms with Crippen molar-refractivity contribution in [3.63, 3.8) is 0 Å². The van der Waals surface area contributed by atoms with E-state index in [0.717, 1.165) is 17.3 Å². The molecule has 16 heavy (non-hydrogen) atoms. The minimum Gasteiger partial charge on any atom is -0.310 e. The van der Waals surface area contributed by atoms with Crippen LogP contribution in [0.3, 0.4) is 0 Å². The molecule has 2 aliphatic rings. The van der Waals surface area contributed by atoms with Crippen molar-refractivity contribution in [2.75, 3.05) is 5.75 Å². The number of hydrogen-bond donors (Lipinski definition) is 1. The third kappa shape index (κ3) is 3.40. The molecule has 0 aromatic heterocycles. The highest BCUT2D eigenvalue weighted by atomic mass is 32.2. The monoisotopic (exact) mass is 241 g/mol. The SMILES string of the molecule is CC1SCCCC1NC1CCCC(C)(C)C1. The average Bonchev–Trinajstić information content (AvgIpc) is 2.20. The van der Waals surface area contributed by atoms with E-state index in [-0.39, 0.29) is 0 Å². The Bertz CT molecular complexity index is 227. The average molecular weight is 241 g/mol. The van der Waals surface area contributed by atoms with Gasteiger partial charge in [0.25, 0.3) is 0 Å². The van der Waals surface area contributed by atoms with E-state index >= 15 is 0 Å². The highest BCUT2D eigenvalue weighted by molar-refractivity contribution is 7.99. The number of hydrogen-bond acceptors (Lipinski definition) is 2. The molecule has 0 aromatic rings. The summed E-state index contributed by atoms with van der Waals surface area (Å²) in [6.07, 6.45) is 8.41. The Balaban J connectivity index is 1.84. The second kappa shape index (κ2) is 5.30. The fourth-order valence-electron chi connectivity index (χ4n) is 3.29. The molecule has 1 saturated carbocycles. The molecular formula is C14H27NS. The Morgan fingerprint density at radius 2 is 2.00 bits per heavy atom. The summed E-state index contributed by atoms with van der Waals surface area (Å²) in [5.74, 6) is 1.37. The minimum atomic E-state index is 0.570. The zero-order valence-electron chi connectivity index (χ0n) is 11.1. The lowest BCUT2D eigenvalue weighted by Gasteiger charge is -2.39. The third-order valence-corrected chi connectivity index (χ3v) is 5.64. The molecule has 94 valence electrons. The maximum absolute atomic E-state index is 3.94.